The van der Waals surface area contributed by atoms with Gasteiger partial charge in [-0.05, 0) is 117 Å². The molecule has 0 heterocycles. The van der Waals surface area contributed by atoms with E-state index in [-0.39, 0.29) is 0 Å². The number of allylic oxidation sites excluding steroid dienone is 24. The van der Waals surface area contributed by atoms with Crippen LogP contribution >= 0.6 is 12.6 Å². The second-order valence-electron chi connectivity index (χ2n) is 14.1. The van der Waals surface area contributed by atoms with E-state index >= 15 is 0 Å². The van der Waals surface area contributed by atoms with E-state index in [0.29, 0.717) is 18.9 Å². The van der Waals surface area contributed by atoms with Gasteiger partial charge in [-0.25, -0.2) is 0 Å². The molecular formula is C58H72N2S. The molecule has 1 aliphatic carbocycles. The number of hydrogen-bond acceptors (Lipinski definition) is 3. The molecule has 320 valence electrons. The lowest BCUT2D eigenvalue weighted by Gasteiger charge is -2.18. The summed E-state index contributed by atoms with van der Waals surface area (Å²) in [6, 6.07) is 18.9. The molecule has 0 amide bonds. The molecule has 0 fully saturated rings. The minimum Gasteiger partial charge on any atom is -0.285 e. The Morgan fingerprint density at radius 3 is 2.10 bits per heavy atom. The maximum absolute atomic E-state index is 5.20. The van der Waals surface area contributed by atoms with E-state index in [1.165, 1.54) is 52.7 Å². The zero-order valence-electron chi connectivity index (χ0n) is 37.9. The van der Waals surface area contributed by atoms with Crippen LogP contribution in [0.5, 0.6) is 0 Å². The molecule has 2 aromatic rings. The van der Waals surface area contributed by atoms with E-state index in [2.05, 4.69) is 194 Å². The van der Waals surface area contributed by atoms with Crippen LogP contribution < -0.4 is 0 Å². The lowest BCUT2D eigenvalue weighted by molar-refractivity contribution is 0.613. The highest BCUT2D eigenvalue weighted by Crippen LogP contribution is 2.27. The first-order valence-corrected chi connectivity index (χ1v) is 22.2. The fourth-order valence-corrected chi connectivity index (χ4v) is 6.52. The molecule has 0 saturated heterocycles. The van der Waals surface area contributed by atoms with Gasteiger partial charge < -0.3 is 0 Å². The third kappa shape index (κ3) is 21.9. The molecule has 1 aliphatic rings. The molecule has 2 nitrogen and oxygen atoms in total. The predicted octanol–water partition coefficient (Wildman–Crippen LogP) is 16.7. The van der Waals surface area contributed by atoms with Gasteiger partial charge in [-0.3, -0.25) is 9.98 Å². The SMILES string of the molecule is C=CC=C.C=C\C=C/C(=C\CC(=C)/C=C(\C=C/C)C1C=CCCC1)C(/C)=C/Cc1cccc(CN=C(/C=C(\N=C)c2ccccc2)CC(/C=C\C)=C(\C=C/C=C)CC)c1.CS. The van der Waals surface area contributed by atoms with Crippen LogP contribution in [0.1, 0.15) is 82.9 Å². The van der Waals surface area contributed by atoms with Crippen molar-refractivity contribution in [3.63, 3.8) is 0 Å². The quantitative estimate of drug-likeness (QED) is 0.0529. The number of aliphatic imine (C=N–C) groups is 2. The normalized spacial score (nSPS) is 15.5. The fourth-order valence-electron chi connectivity index (χ4n) is 6.52. The van der Waals surface area contributed by atoms with Crippen LogP contribution in [0.15, 0.2) is 240 Å². The maximum Gasteiger partial charge on any atom is 0.0712 e. The smallest absolute Gasteiger partial charge is 0.0712 e. The first-order valence-electron chi connectivity index (χ1n) is 21.3. The summed E-state index contributed by atoms with van der Waals surface area (Å²) in [7, 11) is 0. The van der Waals surface area contributed by atoms with Crippen molar-refractivity contribution < 1.29 is 0 Å². The Balaban J connectivity index is 0.00000292. The highest BCUT2D eigenvalue weighted by molar-refractivity contribution is 7.79. The van der Waals surface area contributed by atoms with Crippen LogP contribution in [0.2, 0.25) is 0 Å². The minimum atomic E-state index is 0.471. The fraction of sp³-hybridized carbons (Fsp3) is 0.241. The minimum absolute atomic E-state index is 0.471. The van der Waals surface area contributed by atoms with Crippen molar-refractivity contribution in [1.82, 2.24) is 0 Å². The molecule has 1 atom stereocenters. The lowest BCUT2D eigenvalue weighted by Crippen LogP contribution is -2.03. The molecule has 0 aliphatic heterocycles. The van der Waals surface area contributed by atoms with Crippen LogP contribution in [-0.2, 0) is 13.0 Å². The summed E-state index contributed by atoms with van der Waals surface area (Å²) in [4.78, 5) is 9.61. The molecule has 0 N–H and O–H groups in total. The van der Waals surface area contributed by atoms with Crippen molar-refractivity contribution in [2.45, 2.75) is 79.2 Å². The van der Waals surface area contributed by atoms with Gasteiger partial charge in [-0.2, -0.15) is 12.6 Å². The zero-order valence-corrected chi connectivity index (χ0v) is 38.8. The summed E-state index contributed by atoms with van der Waals surface area (Å²) in [5, 5.41) is 0. The Morgan fingerprint density at radius 2 is 1.49 bits per heavy atom. The second-order valence-corrected chi connectivity index (χ2v) is 14.1. The summed E-state index contributed by atoms with van der Waals surface area (Å²) in [5.41, 5.74) is 12.5. The van der Waals surface area contributed by atoms with E-state index in [1.807, 2.05) is 42.5 Å². The largest absolute Gasteiger partial charge is 0.285 e. The Hall–Kier alpha value is -5.77. The van der Waals surface area contributed by atoms with Crippen molar-refractivity contribution in [3.05, 3.63) is 247 Å². The average Bonchev–Trinajstić information content (AvgIpc) is 3.30. The Kier molecular flexibility index (Phi) is 29.7. The molecule has 0 spiro atoms. The predicted molar refractivity (Wildman–Crippen MR) is 281 cm³/mol. The van der Waals surface area contributed by atoms with Gasteiger partial charge >= 0.3 is 0 Å². The molecule has 1 unspecified atom stereocenters. The molecule has 0 radical (unpaired) electrons. The Morgan fingerprint density at radius 1 is 0.803 bits per heavy atom. The van der Waals surface area contributed by atoms with Crippen LogP contribution in [0.3, 0.4) is 0 Å². The Bertz CT molecular complexity index is 2040. The second kappa shape index (κ2) is 34.0. The van der Waals surface area contributed by atoms with Crippen LogP contribution in [-0.4, -0.2) is 18.7 Å². The number of rotatable bonds is 22. The van der Waals surface area contributed by atoms with Gasteiger partial charge in [0.1, 0.15) is 0 Å². The molecule has 2 aromatic carbocycles. The molecule has 0 aromatic heterocycles. The molecular weight excluding hydrogens is 757 g/mol. The van der Waals surface area contributed by atoms with E-state index in [9.17, 15) is 0 Å². The first kappa shape index (κ1) is 53.2. The monoisotopic (exact) mass is 829 g/mol. The van der Waals surface area contributed by atoms with Crippen LogP contribution in [0, 0.1) is 5.92 Å². The van der Waals surface area contributed by atoms with Gasteiger partial charge in [-0.15, -0.1) is 0 Å². The van der Waals surface area contributed by atoms with E-state index < -0.39 is 0 Å². The topological polar surface area (TPSA) is 24.7 Å². The van der Waals surface area contributed by atoms with Gasteiger partial charge in [0.25, 0.3) is 0 Å². The molecule has 0 bridgehead atoms. The summed E-state index contributed by atoms with van der Waals surface area (Å²) < 4.78 is 0. The van der Waals surface area contributed by atoms with Gasteiger partial charge in [0, 0.05) is 23.6 Å². The summed E-state index contributed by atoms with van der Waals surface area (Å²) >= 11 is 3.53. The van der Waals surface area contributed by atoms with E-state index in [0.717, 1.165) is 47.4 Å². The highest BCUT2D eigenvalue weighted by Gasteiger charge is 2.12. The zero-order chi connectivity index (χ0) is 45.1. The number of benzene rings is 2. The number of hydrogen-bond donors (Lipinski definition) is 1. The van der Waals surface area contributed by atoms with Crippen LogP contribution in [0.4, 0.5) is 0 Å². The number of thiol groups is 1. The van der Waals surface area contributed by atoms with Crippen molar-refractivity contribution in [2.24, 2.45) is 15.9 Å². The summed E-state index contributed by atoms with van der Waals surface area (Å²) in [5.74, 6) is 0.471. The average molecular weight is 829 g/mol. The van der Waals surface area contributed by atoms with Gasteiger partial charge in [0.2, 0.25) is 0 Å². The van der Waals surface area contributed by atoms with Crippen molar-refractivity contribution >= 4 is 30.8 Å². The summed E-state index contributed by atoms with van der Waals surface area (Å²) in [6.45, 7) is 31.9. The van der Waals surface area contributed by atoms with Gasteiger partial charge in [0.05, 0.1) is 12.2 Å². The van der Waals surface area contributed by atoms with Crippen LogP contribution in [0.25, 0.3) is 5.70 Å². The maximum atomic E-state index is 5.20. The molecule has 3 heteroatoms. The van der Waals surface area contributed by atoms with E-state index in [4.69, 9.17) is 4.99 Å². The van der Waals surface area contributed by atoms with Gasteiger partial charge in [0.15, 0.2) is 0 Å². The van der Waals surface area contributed by atoms with Crippen molar-refractivity contribution in [2.75, 3.05) is 6.26 Å². The number of nitrogens with zero attached hydrogens (tertiary/aromatic N) is 2. The van der Waals surface area contributed by atoms with Gasteiger partial charge in [-0.1, -0.05) is 203 Å². The van der Waals surface area contributed by atoms with E-state index in [1.54, 1.807) is 18.4 Å². The third-order valence-electron chi connectivity index (χ3n) is 9.64. The highest BCUT2D eigenvalue weighted by atomic mass is 32.1. The van der Waals surface area contributed by atoms with Crippen molar-refractivity contribution in [1.29, 1.82) is 0 Å². The molecule has 0 saturated carbocycles. The lowest BCUT2D eigenvalue weighted by atomic mass is 9.87. The summed E-state index contributed by atoms with van der Waals surface area (Å²) in [6.07, 6.45) is 46.0. The Labute approximate surface area is 377 Å². The molecule has 3 rings (SSSR count). The third-order valence-corrected chi connectivity index (χ3v) is 9.64. The first-order chi connectivity index (χ1) is 29.8. The molecule has 61 heavy (non-hydrogen) atoms. The standard InChI is InChI=1S/C53H62N2.C4H6.CH4S/c1-9-14-27-46(13-5)51(24-12-4)39-52(40-53(54-8)49-31-20-17-21-32-49)55-41-45-26-22-25-44(38-45)35-34-43(7)47(28-15-10-2)36-33-42(6)37-50(23-11-3)48-29-18-16-19-30-48;1-3-4-2;1-2/h9-12,14-15,17-18,20-29,31-32,34,36-38,40,48H,1-2,6,8,13,16,19,30,33,35,39,41H2,3-5,7H3;3-4H,1-2H2;2H,1H3/b23-11-,24-12-,27-14-,28-15-,43-34+,47-36+,50-37+,51-46-,53-40-,55-52?;;. The van der Waals surface area contributed by atoms with Crippen molar-refractivity contribution in [3.8, 4) is 0 Å².